The molecule has 1 unspecified atom stereocenters. The Morgan fingerprint density at radius 2 is 1.55 bits per heavy atom. The molecule has 0 bridgehead atoms. The summed E-state index contributed by atoms with van der Waals surface area (Å²) in [6.45, 7) is 7.42. The number of rotatable bonds is 2. The van der Waals surface area contributed by atoms with Crippen LogP contribution < -0.4 is 4.74 Å². The van der Waals surface area contributed by atoms with E-state index in [1.165, 1.54) is 29.9 Å². The molecule has 1 saturated heterocycles. The fourth-order valence-corrected chi connectivity index (χ4v) is 7.71. The number of hydrogen-bond acceptors (Lipinski definition) is 3. The predicted octanol–water partition coefficient (Wildman–Crippen LogP) is 4.95. The first-order valence-corrected chi connectivity index (χ1v) is 9.35. The van der Waals surface area contributed by atoms with Crippen molar-refractivity contribution < 1.29 is 4.74 Å². The summed E-state index contributed by atoms with van der Waals surface area (Å²) in [6.07, 6.45) is 2.62. The fourth-order valence-electron chi connectivity index (χ4n) is 3.88. The van der Waals surface area contributed by atoms with E-state index >= 15 is 0 Å². The van der Waals surface area contributed by atoms with Gasteiger partial charge in [-0.3, -0.25) is 0 Å². The number of ether oxygens (including phenoxy) is 1. The first-order valence-electron chi connectivity index (χ1n) is 7.38. The normalized spacial score (nSPS) is 30.8. The minimum atomic E-state index is 0.254. The van der Waals surface area contributed by atoms with Crippen LogP contribution in [-0.4, -0.2) is 22.7 Å². The summed E-state index contributed by atoms with van der Waals surface area (Å²) in [5.74, 6) is 3.58. The second kappa shape index (κ2) is 4.88. The third-order valence-corrected chi connectivity index (χ3v) is 9.91. The lowest BCUT2D eigenvalue weighted by Crippen LogP contribution is -2.44. The first-order chi connectivity index (χ1) is 9.45. The molecule has 1 aromatic carbocycles. The largest absolute Gasteiger partial charge is 0.497 e. The van der Waals surface area contributed by atoms with Crippen molar-refractivity contribution in [3.63, 3.8) is 0 Å². The number of thioether (sulfide) groups is 2. The maximum atomic E-state index is 5.30. The van der Waals surface area contributed by atoms with Gasteiger partial charge in [0.15, 0.2) is 0 Å². The molecule has 1 heterocycles. The summed E-state index contributed by atoms with van der Waals surface area (Å²) in [4.78, 5) is 0. The molecule has 1 aliphatic carbocycles. The van der Waals surface area contributed by atoms with Gasteiger partial charge in [0.2, 0.25) is 0 Å². The van der Waals surface area contributed by atoms with E-state index in [9.17, 15) is 0 Å². The summed E-state index contributed by atoms with van der Waals surface area (Å²) >= 11 is 4.40. The van der Waals surface area contributed by atoms with Crippen LogP contribution >= 0.6 is 23.5 Å². The van der Waals surface area contributed by atoms with Gasteiger partial charge in [-0.25, -0.2) is 0 Å². The van der Waals surface area contributed by atoms with Crippen LogP contribution in [0.25, 0.3) is 0 Å². The van der Waals surface area contributed by atoms with E-state index in [1.54, 1.807) is 7.11 Å². The van der Waals surface area contributed by atoms with E-state index in [2.05, 4.69) is 68.6 Å². The lowest BCUT2D eigenvalue weighted by molar-refractivity contribution is 0.220. The highest BCUT2D eigenvalue weighted by atomic mass is 32.2. The van der Waals surface area contributed by atoms with Crippen LogP contribution in [-0.2, 0) is 5.41 Å². The summed E-state index contributed by atoms with van der Waals surface area (Å²) in [5, 5.41) is 0. The molecule has 1 nitrogen and oxygen atoms in total. The highest BCUT2D eigenvalue weighted by Crippen LogP contribution is 2.70. The van der Waals surface area contributed by atoms with Gasteiger partial charge in [0.1, 0.15) is 5.75 Å². The van der Waals surface area contributed by atoms with Crippen molar-refractivity contribution in [3.8, 4) is 5.75 Å². The Labute approximate surface area is 131 Å². The van der Waals surface area contributed by atoms with Gasteiger partial charge in [-0.2, -0.15) is 0 Å². The van der Waals surface area contributed by atoms with Crippen LogP contribution in [0.2, 0.25) is 0 Å². The maximum Gasteiger partial charge on any atom is 0.118 e. The van der Waals surface area contributed by atoms with Crippen LogP contribution in [0.4, 0.5) is 0 Å². The molecule has 1 saturated carbocycles. The lowest BCUT2D eigenvalue weighted by Gasteiger charge is -2.46. The Morgan fingerprint density at radius 3 is 2.10 bits per heavy atom. The Morgan fingerprint density at radius 1 is 0.950 bits per heavy atom. The van der Waals surface area contributed by atoms with Crippen LogP contribution in [0.15, 0.2) is 24.3 Å². The molecule has 3 rings (SSSR count). The van der Waals surface area contributed by atoms with E-state index < -0.39 is 0 Å². The van der Waals surface area contributed by atoms with Crippen molar-refractivity contribution in [1.82, 2.24) is 0 Å². The molecule has 3 heteroatoms. The van der Waals surface area contributed by atoms with Crippen LogP contribution in [0.1, 0.15) is 39.2 Å². The molecule has 0 aromatic heterocycles. The molecule has 1 aliphatic heterocycles. The Bertz CT molecular complexity index is 488. The monoisotopic (exact) mass is 308 g/mol. The molecular weight excluding hydrogens is 284 g/mol. The van der Waals surface area contributed by atoms with Crippen molar-refractivity contribution in [2.75, 3.05) is 18.6 Å². The van der Waals surface area contributed by atoms with Gasteiger partial charge in [-0.15, -0.1) is 23.5 Å². The second-order valence-corrected chi connectivity index (χ2v) is 9.68. The van der Waals surface area contributed by atoms with Crippen LogP contribution in [0.5, 0.6) is 5.75 Å². The number of hydrogen-bond donors (Lipinski definition) is 0. The van der Waals surface area contributed by atoms with Gasteiger partial charge in [0.25, 0.3) is 0 Å². The standard InChI is InChI=1S/C17H24OS2/c1-15(2)16(3,9-10-17(15)19-11-12-20-17)13-5-7-14(18-4)8-6-13/h5-8H,9-12H2,1-4H3. The minimum absolute atomic E-state index is 0.254. The molecule has 0 N–H and O–H groups in total. The van der Waals surface area contributed by atoms with Crippen molar-refractivity contribution in [2.45, 2.75) is 43.1 Å². The van der Waals surface area contributed by atoms with Crippen molar-refractivity contribution in [2.24, 2.45) is 5.41 Å². The van der Waals surface area contributed by atoms with E-state index in [4.69, 9.17) is 4.74 Å². The summed E-state index contributed by atoms with van der Waals surface area (Å²) in [5.41, 5.74) is 2.03. The van der Waals surface area contributed by atoms with E-state index in [-0.39, 0.29) is 5.41 Å². The average Bonchev–Trinajstić information content (AvgIpc) is 3.01. The van der Waals surface area contributed by atoms with Gasteiger partial charge >= 0.3 is 0 Å². The number of benzene rings is 1. The molecule has 2 fully saturated rings. The quantitative estimate of drug-likeness (QED) is 0.765. The smallest absolute Gasteiger partial charge is 0.118 e. The zero-order valence-corrected chi connectivity index (χ0v) is 14.5. The van der Waals surface area contributed by atoms with Gasteiger partial charge in [0, 0.05) is 11.5 Å². The summed E-state index contributed by atoms with van der Waals surface area (Å²) in [6, 6.07) is 8.75. The van der Waals surface area contributed by atoms with Crippen molar-refractivity contribution >= 4 is 23.5 Å². The highest BCUT2D eigenvalue weighted by Gasteiger charge is 2.62. The molecule has 1 atom stereocenters. The molecule has 0 radical (unpaired) electrons. The summed E-state index contributed by atoms with van der Waals surface area (Å²) < 4.78 is 5.72. The Hall–Kier alpha value is -0.280. The topological polar surface area (TPSA) is 9.23 Å². The Kier molecular flexibility index (Phi) is 3.57. The average molecular weight is 309 g/mol. The lowest BCUT2D eigenvalue weighted by atomic mass is 9.65. The van der Waals surface area contributed by atoms with Crippen molar-refractivity contribution in [1.29, 1.82) is 0 Å². The van der Waals surface area contributed by atoms with E-state index in [0.717, 1.165) is 5.75 Å². The second-order valence-electron chi connectivity index (χ2n) is 6.64. The molecule has 110 valence electrons. The minimum Gasteiger partial charge on any atom is -0.497 e. The third kappa shape index (κ3) is 1.85. The molecular formula is C17H24OS2. The highest BCUT2D eigenvalue weighted by molar-refractivity contribution is 8.21. The predicted molar refractivity (Wildman–Crippen MR) is 91.0 cm³/mol. The van der Waals surface area contributed by atoms with Gasteiger partial charge < -0.3 is 4.74 Å². The van der Waals surface area contributed by atoms with E-state index in [0.29, 0.717) is 9.49 Å². The molecule has 2 aliphatic rings. The number of methoxy groups -OCH3 is 1. The van der Waals surface area contributed by atoms with Crippen LogP contribution in [0, 0.1) is 5.41 Å². The summed E-state index contributed by atoms with van der Waals surface area (Å²) in [7, 11) is 1.73. The zero-order chi connectivity index (χ0) is 14.4. The molecule has 1 spiro atoms. The van der Waals surface area contributed by atoms with Crippen molar-refractivity contribution in [3.05, 3.63) is 29.8 Å². The van der Waals surface area contributed by atoms with Crippen LogP contribution in [0.3, 0.4) is 0 Å². The Balaban J connectivity index is 1.99. The maximum absolute atomic E-state index is 5.30. The van der Waals surface area contributed by atoms with E-state index in [1.807, 2.05) is 0 Å². The van der Waals surface area contributed by atoms with Gasteiger partial charge in [-0.05, 0) is 41.4 Å². The SMILES string of the molecule is COc1ccc(C2(C)CCC3(SCCS3)C2(C)C)cc1. The molecule has 0 amide bonds. The third-order valence-electron chi connectivity index (χ3n) is 5.77. The zero-order valence-electron chi connectivity index (χ0n) is 12.9. The fraction of sp³-hybridized carbons (Fsp3) is 0.647. The van der Waals surface area contributed by atoms with Gasteiger partial charge in [0.05, 0.1) is 11.2 Å². The first kappa shape index (κ1) is 14.6. The molecule has 1 aromatic rings. The van der Waals surface area contributed by atoms with Gasteiger partial charge in [-0.1, -0.05) is 32.9 Å². The molecule has 20 heavy (non-hydrogen) atoms.